The summed E-state index contributed by atoms with van der Waals surface area (Å²) in [6, 6.07) is 10.1. The van der Waals surface area contributed by atoms with Gasteiger partial charge in [0.05, 0.1) is 17.5 Å². The summed E-state index contributed by atoms with van der Waals surface area (Å²) in [4.78, 5) is 18.8. The molecule has 1 amide bonds. The van der Waals surface area contributed by atoms with E-state index in [9.17, 15) is 13.2 Å². The van der Waals surface area contributed by atoms with Crippen molar-refractivity contribution in [1.82, 2.24) is 14.2 Å². The SMILES string of the molecule is N#CCCN(Cc1cccnc1)C(=O)C1CCN(S(=O)(=O)c2cc(Cl)ccc2Cl)CC1. The molecule has 0 atom stereocenters. The molecule has 0 unspecified atom stereocenters. The Balaban J connectivity index is 1.68. The Morgan fingerprint density at radius 1 is 1.26 bits per heavy atom. The Hall–Kier alpha value is -2.18. The van der Waals surface area contributed by atoms with Crippen LogP contribution in [0, 0.1) is 17.2 Å². The largest absolute Gasteiger partial charge is 0.337 e. The number of hydrogen-bond acceptors (Lipinski definition) is 5. The first kappa shape index (κ1) is 23.5. The van der Waals surface area contributed by atoms with Gasteiger partial charge in [0.2, 0.25) is 15.9 Å². The van der Waals surface area contributed by atoms with Crippen molar-refractivity contribution in [2.45, 2.75) is 30.7 Å². The van der Waals surface area contributed by atoms with Crippen molar-refractivity contribution in [3.8, 4) is 6.07 Å². The van der Waals surface area contributed by atoms with Crippen molar-refractivity contribution in [3.05, 3.63) is 58.3 Å². The number of sulfonamides is 1. The van der Waals surface area contributed by atoms with Gasteiger partial charge in [-0.15, -0.1) is 0 Å². The Morgan fingerprint density at radius 3 is 2.65 bits per heavy atom. The Bertz CT molecular complexity index is 1070. The number of carbonyl (C=O) groups excluding carboxylic acids is 1. The van der Waals surface area contributed by atoms with Crippen LogP contribution in [-0.2, 0) is 21.4 Å². The molecule has 1 aliphatic heterocycles. The molecule has 1 saturated heterocycles. The number of hydrogen-bond donors (Lipinski definition) is 0. The van der Waals surface area contributed by atoms with E-state index in [-0.39, 0.29) is 46.3 Å². The topological polar surface area (TPSA) is 94.4 Å². The molecular formula is C21H22Cl2N4O3S. The molecule has 164 valence electrons. The van der Waals surface area contributed by atoms with Crippen LogP contribution in [0.25, 0.3) is 0 Å². The molecule has 7 nitrogen and oxygen atoms in total. The van der Waals surface area contributed by atoms with Gasteiger partial charge in [-0.1, -0.05) is 29.3 Å². The fraction of sp³-hybridized carbons (Fsp3) is 0.381. The summed E-state index contributed by atoms with van der Waals surface area (Å²) in [7, 11) is -3.81. The fourth-order valence-corrected chi connectivity index (χ4v) is 5.79. The number of rotatable bonds is 7. The monoisotopic (exact) mass is 480 g/mol. The highest BCUT2D eigenvalue weighted by molar-refractivity contribution is 7.89. The van der Waals surface area contributed by atoms with Gasteiger partial charge in [-0.05, 0) is 42.7 Å². The number of carbonyl (C=O) groups is 1. The van der Waals surface area contributed by atoms with Crippen LogP contribution in [0.15, 0.2) is 47.6 Å². The lowest BCUT2D eigenvalue weighted by Crippen LogP contribution is -2.44. The lowest BCUT2D eigenvalue weighted by Gasteiger charge is -2.33. The van der Waals surface area contributed by atoms with Gasteiger partial charge < -0.3 is 4.90 Å². The zero-order chi connectivity index (χ0) is 22.4. The zero-order valence-electron chi connectivity index (χ0n) is 16.7. The molecule has 0 aliphatic carbocycles. The summed E-state index contributed by atoms with van der Waals surface area (Å²) in [5, 5.41) is 9.36. The summed E-state index contributed by atoms with van der Waals surface area (Å²) in [6.45, 7) is 1.10. The smallest absolute Gasteiger partial charge is 0.244 e. The van der Waals surface area contributed by atoms with Crippen molar-refractivity contribution in [2.24, 2.45) is 5.92 Å². The third kappa shape index (κ3) is 5.74. The molecule has 1 aromatic heterocycles. The first-order chi connectivity index (χ1) is 14.8. The molecule has 0 N–H and O–H groups in total. The molecule has 0 saturated carbocycles. The van der Waals surface area contributed by atoms with Crippen LogP contribution in [0.2, 0.25) is 10.0 Å². The van der Waals surface area contributed by atoms with Crippen molar-refractivity contribution in [3.63, 3.8) is 0 Å². The van der Waals surface area contributed by atoms with Crippen LogP contribution in [-0.4, -0.2) is 48.1 Å². The average Bonchev–Trinajstić information content (AvgIpc) is 2.78. The van der Waals surface area contributed by atoms with Crippen LogP contribution < -0.4 is 0 Å². The van der Waals surface area contributed by atoms with E-state index in [1.165, 1.54) is 22.5 Å². The number of nitriles is 1. The Labute approximate surface area is 192 Å². The molecule has 2 heterocycles. The number of nitrogens with zero attached hydrogens (tertiary/aromatic N) is 4. The third-order valence-corrected chi connectivity index (χ3v) is 7.83. The molecule has 10 heteroatoms. The van der Waals surface area contributed by atoms with E-state index in [2.05, 4.69) is 11.1 Å². The predicted octanol–water partition coefficient (Wildman–Crippen LogP) is 3.73. The van der Waals surface area contributed by atoms with Crippen molar-refractivity contribution >= 4 is 39.1 Å². The molecule has 3 rings (SSSR count). The first-order valence-corrected chi connectivity index (χ1v) is 12.0. The predicted molar refractivity (Wildman–Crippen MR) is 118 cm³/mol. The van der Waals surface area contributed by atoms with Crippen molar-refractivity contribution < 1.29 is 13.2 Å². The molecule has 0 spiro atoms. The van der Waals surface area contributed by atoms with Gasteiger partial charge in [0.25, 0.3) is 0 Å². The van der Waals surface area contributed by atoms with E-state index in [1.54, 1.807) is 23.4 Å². The van der Waals surface area contributed by atoms with Crippen LogP contribution >= 0.6 is 23.2 Å². The maximum atomic E-state index is 13.1. The maximum absolute atomic E-state index is 13.1. The Morgan fingerprint density at radius 2 is 2.00 bits per heavy atom. The summed E-state index contributed by atoms with van der Waals surface area (Å²) in [5.74, 6) is -0.381. The fourth-order valence-electron chi connectivity index (χ4n) is 3.58. The van der Waals surface area contributed by atoms with Gasteiger partial charge in [-0.3, -0.25) is 9.78 Å². The number of amides is 1. The highest BCUT2D eigenvalue weighted by Gasteiger charge is 2.34. The zero-order valence-corrected chi connectivity index (χ0v) is 19.1. The van der Waals surface area contributed by atoms with E-state index >= 15 is 0 Å². The van der Waals surface area contributed by atoms with Gasteiger partial charge in [0.15, 0.2) is 0 Å². The number of benzene rings is 1. The number of piperidine rings is 1. The summed E-state index contributed by atoms with van der Waals surface area (Å²) >= 11 is 12.0. The third-order valence-electron chi connectivity index (χ3n) is 5.22. The van der Waals surface area contributed by atoms with Crippen LogP contribution in [0.1, 0.15) is 24.8 Å². The number of halogens is 2. The summed E-state index contributed by atoms with van der Waals surface area (Å²) in [5.41, 5.74) is 0.879. The molecule has 1 aromatic carbocycles. The molecule has 1 aliphatic rings. The van der Waals surface area contributed by atoms with E-state index in [4.69, 9.17) is 28.5 Å². The average molecular weight is 481 g/mol. The van der Waals surface area contributed by atoms with Crippen molar-refractivity contribution in [2.75, 3.05) is 19.6 Å². The van der Waals surface area contributed by atoms with Crippen molar-refractivity contribution in [1.29, 1.82) is 5.26 Å². The second-order valence-electron chi connectivity index (χ2n) is 7.28. The Kier molecular flexibility index (Phi) is 7.89. The van der Waals surface area contributed by atoms with E-state index < -0.39 is 10.0 Å². The summed E-state index contributed by atoms with van der Waals surface area (Å²) in [6.07, 6.45) is 4.37. The highest BCUT2D eigenvalue weighted by Crippen LogP contribution is 2.31. The normalized spacial score (nSPS) is 15.4. The van der Waals surface area contributed by atoms with Gasteiger partial charge in [0, 0.05) is 49.5 Å². The molecule has 1 fully saturated rings. The minimum absolute atomic E-state index is 0.0290. The van der Waals surface area contributed by atoms with Crippen LogP contribution in [0.5, 0.6) is 0 Å². The van der Waals surface area contributed by atoms with Crippen LogP contribution in [0.3, 0.4) is 0 Å². The molecule has 0 radical (unpaired) electrons. The lowest BCUT2D eigenvalue weighted by atomic mass is 9.96. The second kappa shape index (κ2) is 10.4. The van der Waals surface area contributed by atoms with E-state index in [0.29, 0.717) is 25.9 Å². The van der Waals surface area contributed by atoms with Gasteiger partial charge in [-0.25, -0.2) is 8.42 Å². The molecule has 31 heavy (non-hydrogen) atoms. The minimum Gasteiger partial charge on any atom is -0.337 e. The van der Waals surface area contributed by atoms with E-state index in [0.717, 1.165) is 5.56 Å². The maximum Gasteiger partial charge on any atom is 0.244 e. The molecule has 2 aromatic rings. The number of aromatic nitrogens is 1. The quantitative estimate of drug-likeness (QED) is 0.601. The first-order valence-electron chi connectivity index (χ1n) is 9.82. The summed E-state index contributed by atoms with van der Waals surface area (Å²) < 4.78 is 27.3. The lowest BCUT2D eigenvalue weighted by molar-refractivity contribution is -0.137. The standard InChI is InChI=1S/C21H22Cl2N4O3S/c22-18-4-5-19(23)20(13-18)31(29,30)27-11-6-17(7-12-27)21(28)26(10-2-8-24)15-16-3-1-9-25-14-16/h1,3-5,9,13-14,17H,2,6-7,10-12,15H2. The number of pyridine rings is 1. The van der Waals surface area contributed by atoms with Crippen LogP contribution in [0.4, 0.5) is 0 Å². The van der Waals surface area contributed by atoms with Gasteiger partial charge in [0.1, 0.15) is 4.90 Å². The van der Waals surface area contributed by atoms with Gasteiger partial charge in [-0.2, -0.15) is 9.57 Å². The molecule has 0 bridgehead atoms. The highest BCUT2D eigenvalue weighted by atomic mass is 35.5. The van der Waals surface area contributed by atoms with Gasteiger partial charge >= 0.3 is 0 Å². The minimum atomic E-state index is -3.81. The van der Waals surface area contributed by atoms with E-state index in [1.807, 2.05) is 6.07 Å². The molecular weight excluding hydrogens is 459 g/mol. The second-order valence-corrected chi connectivity index (χ2v) is 10.0.